The molecule has 0 spiro atoms. The number of hydrogen-bond donors (Lipinski definition) is 2. The van der Waals surface area contributed by atoms with Gasteiger partial charge >= 0.3 is 0 Å². The third kappa shape index (κ3) is 4.42. The number of anilines is 2. The molecule has 1 unspecified atom stereocenters. The Kier molecular flexibility index (Phi) is 5.08. The number of hydrogen-bond acceptors (Lipinski definition) is 5. The van der Waals surface area contributed by atoms with Crippen molar-refractivity contribution < 1.29 is 4.74 Å². The van der Waals surface area contributed by atoms with Crippen LogP contribution in [0.1, 0.15) is 29.8 Å². The minimum atomic E-state index is 0.300. The fraction of sp³-hybridized carbons (Fsp3) is 0.444. The molecule has 2 N–H and O–H groups in total. The average molecular weight is 312 g/mol. The first-order valence-electron chi connectivity index (χ1n) is 8.20. The maximum atomic E-state index is 5.63. The number of benzene rings is 1. The van der Waals surface area contributed by atoms with Gasteiger partial charge in [0.15, 0.2) is 0 Å². The lowest BCUT2D eigenvalue weighted by atomic mass is 10.1. The molecular formula is C18H24N4O. The smallest absolute Gasteiger partial charge is 0.132 e. The molecule has 3 rings (SSSR count). The van der Waals surface area contributed by atoms with Crippen molar-refractivity contribution in [1.29, 1.82) is 0 Å². The van der Waals surface area contributed by atoms with Gasteiger partial charge in [-0.25, -0.2) is 9.97 Å². The van der Waals surface area contributed by atoms with Gasteiger partial charge in [-0.05, 0) is 37.8 Å². The van der Waals surface area contributed by atoms with Gasteiger partial charge in [0.2, 0.25) is 0 Å². The summed E-state index contributed by atoms with van der Waals surface area (Å²) in [5.74, 6) is 2.45. The van der Waals surface area contributed by atoms with Crippen molar-refractivity contribution in [2.24, 2.45) is 0 Å². The highest BCUT2D eigenvalue weighted by Crippen LogP contribution is 2.16. The van der Waals surface area contributed by atoms with Gasteiger partial charge in [-0.15, -0.1) is 0 Å². The average Bonchev–Trinajstić information content (AvgIpc) is 3.05. The topological polar surface area (TPSA) is 59.1 Å². The number of rotatable bonds is 6. The van der Waals surface area contributed by atoms with E-state index in [1.165, 1.54) is 11.1 Å². The Morgan fingerprint density at radius 2 is 1.91 bits per heavy atom. The fourth-order valence-corrected chi connectivity index (χ4v) is 2.77. The molecule has 0 saturated carbocycles. The molecule has 122 valence electrons. The summed E-state index contributed by atoms with van der Waals surface area (Å²) >= 11 is 0. The van der Waals surface area contributed by atoms with Gasteiger partial charge in [-0.2, -0.15) is 0 Å². The Bertz CT molecular complexity index is 653. The van der Waals surface area contributed by atoms with Crippen LogP contribution in [0.3, 0.4) is 0 Å². The number of nitrogens with zero attached hydrogens (tertiary/aromatic N) is 2. The van der Waals surface area contributed by atoms with Crippen molar-refractivity contribution in [3.05, 3.63) is 47.3 Å². The SMILES string of the molecule is Cc1nc(NCc2ccccc2C)cc(NCC2CCCO2)n1. The zero-order chi connectivity index (χ0) is 16.1. The monoisotopic (exact) mass is 312 g/mol. The first kappa shape index (κ1) is 15.7. The Morgan fingerprint density at radius 1 is 1.13 bits per heavy atom. The third-order valence-electron chi connectivity index (χ3n) is 4.09. The Balaban J connectivity index is 1.61. The van der Waals surface area contributed by atoms with E-state index in [2.05, 4.69) is 51.8 Å². The lowest BCUT2D eigenvalue weighted by Crippen LogP contribution is -2.19. The maximum Gasteiger partial charge on any atom is 0.132 e. The third-order valence-corrected chi connectivity index (χ3v) is 4.09. The maximum absolute atomic E-state index is 5.63. The van der Waals surface area contributed by atoms with E-state index in [1.54, 1.807) is 0 Å². The molecular weight excluding hydrogens is 288 g/mol. The van der Waals surface area contributed by atoms with Gasteiger partial charge in [0, 0.05) is 25.8 Å². The van der Waals surface area contributed by atoms with Gasteiger partial charge < -0.3 is 15.4 Å². The second-order valence-electron chi connectivity index (χ2n) is 5.98. The van der Waals surface area contributed by atoms with Gasteiger partial charge in [0.1, 0.15) is 17.5 Å². The van der Waals surface area contributed by atoms with Gasteiger partial charge in [0.05, 0.1) is 6.10 Å². The highest BCUT2D eigenvalue weighted by atomic mass is 16.5. The largest absolute Gasteiger partial charge is 0.376 e. The summed E-state index contributed by atoms with van der Waals surface area (Å²) in [5.41, 5.74) is 2.56. The van der Waals surface area contributed by atoms with Crippen LogP contribution in [0.2, 0.25) is 0 Å². The van der Waals surface area contributed by atoms with E-state index < -0.39 is 0 Å². The van der Waals surface area contributed by atoms with E-state index in [-0.39, 0.29) is 0 Å². The Hall–Kier alpha value is -2.14. The number of aryl methyl sites for hydroxylation is 2. The van der Waals surface area contributed by atoms with Crippen molar-refractivity contribution >= 4 is 11.6 Å². The van der Waals surface area contributed by atoms with Crippen molar-refractivity contribution in [2.75, 3.05) is 23.8 Å². The standard InChI is InChI=1S/C18H24N4O/c1-13-6-3-4-7-15(13)11-19-17-10-18(22-14(2)21-17)20-12-16-8-5-9-23-16/h3-4,6-7,10,16H,5,8-9,11-12H2,1-2H3,(H2,19,20,21,22). The lowest BCUT2D eigenvalue weighted by Gasteiger charge is -2.13. The molecule has 1 aliphatic heterocycles. The van der Waals surface area contributed by atoms with Crippen molar-refractivity contribution in [3.8, 4) is 0 Å². The summed E-state index contributed by atoms with van der Waals surface area (Å²) in [6, 6.07) is 10.3. The van der Waals surface area contributed by atoms with E-state index in [1.807, 2.05) is 13.0 Å². The summed E-state index contributed by atoms with van der Waals surface area (Å²) < 4.78 is 5.63. The molecule has 0 radical (unpaired) electrons. The Labute approximate surface area is 137 Å². The minimum absolute atomic E-state index is 0.300. The van der Waals surface area contributed by atoms with Crippen molar-refractivity contribution in [1.82, 2.24) is 9.97 Å². The van der Waals surface area contributed by atoms with Crippen LogP contribution in [0, 0.1) is 13.8 Å². The normalized spacial score (nSPS) is 17.2. The lowest BCUT2D eigenvalue weighted by molar-refractivity contribution is 0.120. The summed E-state index contributed by atoms with van der Waals surface area (Å²) in [6.07, 6.45) is 2.57. The second-order valence-corrected chi connectivity index (χ2v) is 5.98. The Morgan fingerprint density at radius 3 is 2.65 bits per heavy atom. The molecule has 0 aliphatic carbocycles. The van der Waals surface area contributed by atoms with Crippen LogP contribution in [-0.4, -0.2) is 29.2 Å². The van der Waals surface area contributed by atoms with Crippen LogP contribution in [0.25, 0.3) is 0 Å². The molecule has 5 nitrogen and oxygen atoms in total. The molecule has 0 amide bonds. The highest BCUT2D eigenvalue weighted by Gasteiger charge is 2.15. The van der Waals surface area contributed by atoms with Gasteiger partial charge in [-0.1, -0.05) is 24.3 Å². The van der Waals surface area contributed by atoms with E-state index >= 15 is 0 Å². The zero-order valence-electron chi connectivity index (χ0n) is 13.8. The van der Waals surface area contributed by atoms with Gasteiger partial charge in [0.25, 0.3) is 0 Å². The quantitative estimate of drug-likeness (QED) is 0.857. The number of ether oxygens (including phenoxy) is 1. The number of aromatic nitrogens is 2. The van der Waals surface area contributed by atoms with E-state index in [0.29, 0.717) is 6.10 Å². The predicted octanol–water partition coefficient (Wildman–Crippen LogP) is 3.30. The van der Waals surface area contributed by atoms with Crippen LogP contribution in [0.5, 0.6) is 0 Å². The predicted molar refractivity (Wildman–Crippen MR) is 92.7 cm³/mol. The minimum Gasteiger partial charge on any atom is -0.376 e. The van der Waals surface area contributed by atoms with Crippen LogP contribution < -0.4 is 10.6 Å². The number of nitrogens with one attached hydrogen (secondary N) is 2. The van der Waals surface area contributed by atoms with Crippen molar-refractivity contribution in [3.63, 3.8) is 0 Å². The van der Waals surface area contributed by atoms with Crippen LogP contribution >= 0.6 is 0 Å². The van der Waals surface area contributed by atoms with E-state index in [0.717, 1.165) is 50.0 Å². The molecule has 0 bridgehead atoms. The first-order chi connectivity index (χ1) is 11.2. The van der Waals surface area contributed by atoms with Crippen molar-refractivity contribution in [2.45, 2.75) is 39.3 Å². The van der Waals surface area contributed by atoms with E-state index in [4.69, 9.17) is 4.74 Å². The molecule has 1 aromatic heterocycles. The molecule has 1 saturated heterocycles. The zero-order valence-corrected chi connectivity index (χ0v) is 13.8. The molecule has 1 fully saturated rings. The molecule has 2 heterocycles. The summed E-state index contributed by atoms with van der Waals surface area (Å²) in [6.45, 7) is 6.47. The summed E-state index contributed by atoms with van der Waals surface area (Å²) in [5, 5.41) is 6.75. The van der Waals surface area contributed by atoms with Crippen LogP contribution in [-0.2, 0) is 11.3 Å². The highest BCUT2D eigenvalue weighted by molar-refractivity contribution is 5.48. The molecule has 2 aromatic rings. The first-order valence-corrected chi connectivity index (χ1v) is 8.20. The summed E-state index contributed by atoms with van der Waals surface area (Å²) in [4.78, 5) is 8.91. The van der Waals surface area contributed by atoms with Crippen LogP contribution in [0.4, 0.5) is 11.6 Å². The molecule has 1 atom stereocenters. The summed E-state index contributed by atoms with van der Waals surface area (Å²) in [7, 11) is 0. The van der Waals surface area contributed by atoms with E-state index in [9.17, 15) is 0 Å². The fourth-order valence-electron chi connectivity index (χ4n) is 2.77. The molecule has 23 heavy (non-hydrogen) atoms. The molecule has 1 aromatic carbocycles. The molecule has 5 heteroatoms. The van der Waals surface area contributed by atoms with Crippen LogP contribution in [0.15, 0.2) is 30.3 Å². The van der Waals surface area contributed by atoms with Gasteiger partial charge in [-0.3, -0.25) is 0 Å². The molecule has 1 aliphatic rings. The second kappa shape index (κ2) is 7.42.